The summed E-state index contributed by atoms with van der Waals surface area (Å²) in [4.78, 5) is 23.0. The molecule has 0 amide bonds. The predicted molar refractivity (Wildman–Crippen MR) is 173 cm³/mol. The normalized spacial score (nSPS) is 34.7. The SMILES string of the molecule is CC[C@@H]1CCC2C3CCC4(C)CC(=O)C(C(C)C)=C4C3CCC2C1(C)CCC(C)O.O=CCNCc1ccc(Cl)cc1. The minimum absolute atomic E-state index is 0.154. The second-order valence-electron chi connectivity index (χ2n) is 14.8. The summed E-state index contributed by atoms with van der Waals surface area (Å²) in [5, 5.41) is 13.7. The van der Waals surface area contributed by atoms with Crippen LogP contribution in [-0.2, 0) is 16.1 Å². The van der Waals surface area contributed by atoms with E-state index < -0.39 is 0 Å². The molecule has 7 unspecified atom stereocenters. The van der Waals surface area contributed by atoms with Crippen LogP contribution in [0, 0.1) is 46.3 Å². The molecule has 4 nitrogen and oxygen atoms in total. The third kappa shape index (κ3) is 6.92. The van der Waals surface area contributed by atoms with Crippen LogP contribution < -0.4 is 5.32 Å². The quantitative estimate of drug-likeness (QED) is 0.221. The number of carbonyl (C=O) groups is 2. The molecule has 2 N–H and O–H groups in total. The van der Waals surface area contributed by atoms with Crippen LogP contribution in [0.3, 0.4) is 0 Å². The second kappa shape index (κ2) is 14.1. The molecule has 4 aliphatic carbocycles. The highest BCUT2D eigenvalue weighted by Crippen LogP contribution is 2.65. The Morgan fingerprint density at radius 3 is 2.38 bits per heavy atom. The third-order valence-corrected chi connectivity index (χ3v) is 12.1. The molecule has 234 valence electrons. The van der Waals surface area contributed by atoms with E-state index in [4.69, 9.17) is 11.6 Å². The number of halogens is 1. The van der Waals surface area contributed by atoms with Gasteiger partial charge in [-0.15, -0.1) is 0 Å². The van der Waals surface area contributed by atoms with E-state index in [9.17, 15) is 14.7 Å². The van der Waals surface area contributed by atoms with E-state index >= 15 is 0 Å². The van der Waals surface area contributed by atoms with Crippen molar-refractivity contribution in [3.63, 3.8) is 0 Å². The fourth-order valence-electron chi connectivity index (χ4n) is 9.88. The Bertz CT molecular complexity index is 1110. The topological polar surface area (TPSA) is 66.4 Å². The molecule has 0 bridgehead atoms. The van der Waals surface area contributed by atoms with Crippen LogP contribution >= 0.6 is 11.6 Å². The van der Waals surface area contributed by atoms with Gasteiger partial charge in [0.2, 0.25) is 0 Å². The van der Waals surface area contributed by atoms with Crippen molar-refractivity contribution in [2.45, 2.75) is 118 Å². The number of benzene rings is 1. The molecular weight excluding hydrogens is 542 g/mol. The van der Waals surface area contributed by atoms with E-state index in [-0.39, 0.29) is 11.5 Å². The summed E-state index contributed by atoms with van der Waals surface area (Å²) in [6, 6.07) is 7.53. The number of ketones is 1. The Hall–Kier alpha value is -1.49. The molecule has 3 fully saturated rings. The standard InChI is InChI=1S/C28H46O2.C9H10ClNO/c1-7-19-8-9-21-20-13-14-27(5)16-24(30)25(17(2)3)26(27)22(20)10-11-23(21)28(19,6)15-12-18(4)29;10-9-3-1-8(2-4-9)7-11-5-6-12/h17-23,29H,7-16H2,1-6H3;1-4,6,11H,5,7H2/t18?,19-,20?,21?,22?,23?,27?,28?;/m1./s1. The summed E-state index contributed by atoms with van der Waals surface area (Å²) in [6.07, 6.45) is 12.8. The van der Waals surface area contributed by atoms with Crippen molar-refractivity contribution in [3.8, 4) is 0 Å². The number of aldehydes is 1. The third-order valence-electron chi connectivity index (χ3n) is 11.8. The number of hydrogen-bond acceptors (Lipinski definition) is 4. The number of allylic oxidation sites excluding steroid dienone is 2. The minimum Gasteiger partial charge on any atom is -0.393 e. The summed E-state index contributed by atoms with van der Waals surface area (Å²) in [5.74, 6) is 4.72. The van der Waals surface area contributed by atoms with E-state index in [1.165, 1.54) is 56.9 Å². The van der Waals surface area contributed by atoms with E-state index in [2.05, 4.69) is 39.9 Å². The maximum atomic E-state index is 13.0. The van der Waals surface area contributed by atoms with Gasteiger partial charge in [0.15, 0.2) is 5.78 Å². The van der Waals surface area contributed by atoms with Crippen LogP contribution in [0.4, 0.5) is 0 Å². The number of fused-ring (bicyclic) bond motifs is 5. The lowest BCUT2D eigenvalue weighted by atomic mass is 9.45. The fraction of sp³-hybridized carbons (Fsp3) is 0.730. The monoisotopic (exact) mass is 597 g/mol. The van der Waals surface area contributed by atoms with Gasteiger partial charge in [-0.05, 0) is 128 Å². The van der Waals surface area contributed by atoms with Crippen molar-refractivity contribution >= 4 is 23.7 Å². The average molecular weight is 598 g/mol. The minimum atomic E-state index is -0.185. The lowest BCUT2D eigenvalue weighted by Crippen LogP contribution is -2.51. The van der Waals surface area contributed by atoms with Crippen LogP contribution in [0.15, 0.2) is 35.4 Å². The molecule has 0 aromatic heterocycles. The highest BCUT2D eigenvalue weighted by Gasteiger charge is 2.57. The Labute approximate surface area is 260 Å². The predicted octanol–water partition coefficient (Wildman–Crippen LogP) is 8.59. The lowest BCUT2D eigenvalue weighted by molar-refractivity contribution is -0.116. The molecule has 1 aromatic rings. The average Bonchev–Trinajstić information content (AvgIpc) is 3.24. The molecule has 5 rings (SSSR count). The maximum absolute atomic E-state index is 13.0. The van der Waals surface area contributed by atoms with E-state index in [0.29, 0.717) is 36.1 Å². The lowest BCUT2D eigenvalue weighted by Gasteiger charge is -2.60. The maximum Gasteiger partial charge on any atom is 0.159 e. The number of aliphatic hydroxyl groups excluding tert-OH is 1. The summed E-state index contributed by atoms with van der Waals surface area (Å²) in [7, 11) is 0. The Morgan fingerprint density at radius 1 is 1.05 bits per heavy atom. The van der Waals surface area contributed by atoms with Gasteiger partial charge < -0.3 is 15.2 Å². The molecule has 0 saturated heterocycles. The molecule has 0 heterocycles. The van der Waals surface area contributed by atoms with E-state index in [0.717, 1.165) is 53.4 Å². The van der Waals surface area contributed by atoms with Crippen molar-refractivity contribution in [3.05, 3.63) is 46.0 Å². The highest BCUT2D eigenvalue weighted by molar-refractivity contribution is 6.30. The van der Waals surface area contributed by atoms with Gasteiger partial charge in [-0.25, -0.2) is 0 Å². The molecule has 3 saturated carbocycles. The number of aliphatic hydroxyl groups is 1. The first-order valence-electron chi connectivity index (χ1n) is 16.8. The van der Waals surface area contributed by atoms with Crippen molar-refractivity contribution < 1.29 is 14.7 Å². The number of nitrogens with one attached hydrogen (secondary N) is 1. The molecule has 4 aliphatic rings. The number of hydrogen-bond donors (Lipinski definition) is 2. The molecule has 5 heteroatoms. The zero-order chi connectivity index (χ0) is 30.7. The van der Waals surface area contributed by atoms with Gasteiger partial charge in [0.05, 0.1) is 12.6 Å². The molecule has 8 atom stereocenters. The molecular formula is C37H56ClNO3. The van der Waals surface area contributed by atoms with Gasteiger partial charge in [0, 0.05) is 18.0 Å². The van der Waals surface area contributed by atoms with Gasteiger partial charge in [-0.3, -0.25) is 4.79 Å². The smallest absolute Gasteiger partial charge is 0.159 e. The van der Waals surface area contributed by atoms with E-state index in [1.807, 2.05) is 31.2 Å². The fourth-order valence-corrected chi connectivity index (χ4v) is 10.0. The largest absolute Gasteiger partial charge is 0.393 e. The number of carbonyl (C=O) groups excluding carboxylic acids is 2. The molecule has 42 heavy (non-hydrogen) atoms. The van der Waals surface area contributed by atoms with Crippen molar-refractivity contribution in [1.29, 1.82) is 0 Å². The summed E-state index contributed by atoms with van der Waals surface area (Å²) in [6.45, 7) is 14.9. The summed E-state index contributed by atoms with van der Waals surface area (Å²) >= 11 is 5.70. The van der Waals surface area contributed by atoms with Gasteiger partial charge in [0.25, 0.3) is 0 Å². The molecule has 0 radical (unpaired) electrons. The van der Waals surface area contributed by atoms with E-state index in [1.54, 1.807) is 5.57 Å². The molecule has 0 spiro atoms. The van der Waals surface area contributed by atoms with Crippen molar-refractivity contribution in [2.24, 2.45) is 46.3 Å². The van der Waals surface area contributed by atoms with Gasteiger partial charge in [-0.1, -0.05) is 70.3 Å². The second-order valence-corrected chi connectivity index (χ2v) is 15.2. The summed E-state index contributed by atoms with van der Waals surface area (Å²) < 4.78 is 0. The molecule has 1 aromatic carbocycles. The zero-order valence-electron chi connectivity index (χ0n) is 27.1. The van der Waals surface area contributed by atoms with Gasteiger partial charge in [-0.2, -0.15) is 0 Å². The van der Waals surface area contributed by atoms with Crippen LogP contribution in [-0.4, -0.2) is 29.8 Å². The molecule has 0 aliphatic heterocycles. The van der Waals surface area contributed by atoms with Gasteiger partial charge >= 0.3 is 0 Å². The van der Waals surface area contributed by atoms with Crippen LogP contribution in [0.1, 0.15) is 111 Å². The van der Waals surface area contributed by atoms with Crippen molar-refractivity contribution in [2.75, 3.05) is 6.54 Å². The van der Waals surface area contributed by atoms with Crippen LogP contribution in [0.2, 0.25) is 5.02 Å². The van der Waals surface area contributed by atoms with Gasteiger partial charge in [0.1, 0.15) is 6.29 Å². The highest BCUT2D eigenvalue weighted by atomic mass is 35.5. The Balaban J connectivity index is 0.000000283. The van der Waals surface area contributed by atoms with Crippen LogP contribution in [0.5, 0.6) is 0 Å². The first-order chi connectivity index (χ1) is 19.9. The first-order valence-corrected chi connectivity index (χ1v) is 17.2. The Kier molecular flexibility index (Phi) is 11.2. The number of rotatable bonds is 9. The summed E-state index contributed by atoms with van der Waals surface area (Å²) in [5.41, 5.74) is 4.49. The number of Topliss-reactive ketones (excluding diaryl/α,β-unsaturated/α-hetero) is 1. The first kappa shape index (κ1) is 33.4. The van der Waals surface area contributed by atoms with Crippen molar-refractivity contribution in [1.82, 2.24) is 5.32 Å². The van der Waals surface area contributed by atoms with Crippen LogP contribution in [0.25, 0.3) is 0 Å². The Morgan fingerprint density at radius 2 is 1.76 bits per heavy atom. The zero-order valence-corrected chi connectivity index (χ0v) is 27.8.